The normalized spacial score (nSPS) is 22.0. The molecule has 6 heteroatoms. The molecular weight excluding hydrogens is 310 g/mol. The monoisotopic (exact) mass is 330 g/mol. The Morgan fingerprint density at radius 1 is 1.36 bits per heavy atom. The van der Waals surface area contributed by atoms with Gasteiger partial charge in [-0.05, 0) is 43.8 Å². The molecule has 0 aromatic heterocycles. The molecule has 0 bridgehead atoms. The van der Waals surface area contributed by atoms with Crippen LogP contribution >= 0.6 is 12.4 Å². The second-order valence-electron chi connectivity index (χ2n) is 6.30. The van der Waals surface area contributed by atoms with E-state index in [1.165, 1.54) is 12.1 Å². The van der Waals surface area contributed by atoms with Gasteiger partial charge in [-0.3, -0.25) is 4.79 Å². The van der Waals surface area contributed by atoms with Crippen molar-refractivity contribution in [3.8, 4) is 0 Å². The summed E-state index contributed by atoms with van der Waals surface area (Å²) in [5, 5.41) is 3.31. The molecule has 0 radical (unpaired) electrons. The maximum absolute atomic E-state index is 13.7. The van der Waals surface area contributed by atoms with Crippen LogP contribution in [0.25, 0.3) is 0 Å². The number of piperidine rings is 1. The molecule has 3 rings (SSSR count). The van der Waals surface area contributed by atoms with E-state index in [1.54, 1.807) is 11.9 Å². The van der Waals surface area contributed by atoms with Crippen LogP contribution in [-0.4, -0.2) is 30.9 Å². The van der Waals surface area contributed by atoms with Crippen molar-refractivity contribution in [2.45, 2.75) is 25.8 Å². The number of carbonyl (C=O) groups excluding carboxylic acids is 1. The number of amides is 1. The van der Waals surface area contributed by atoms with Crippen LogP contribution in [0.3, 0.4) is 0 Å². The minimum atomic E-state index is -0.596. The summed E-state index contributed by atoms with van der Waals surface area (Å²) in [5.41, 5.74) is 0.532. The van der Waals surface area contributed by atoms with E-state index in [4.69, 9.17) is 0 Å². The quantitative estimate of drug-likeness (QED) is 0.924. The molecule has 1 saturated heterocycles. The Morgan fingerprint density at radius 2 is 2.05 bits per heavy atom. The van der Waals surface area contributed by atoms with E-state index in [2.05, 4.69) is 5.32 Å². The molecule has 1 N–H and O–H groups in total. The van der Waals surface area contributed by atoms with Gasteiger partial charge >= 0.3 is 0 Å². The Labute approximate surface area is 135 Å². The molecule has 1 saturated carbocycles. The van der Waals surface area contributed by atoms with Crippen LogP contribution in [0, 0.1) is 23.0 Å². The van der Waals surface area contributed by atoms with Crippen LogP contribution in [0.1, 0.15) is 24.8 Å². The van der Waals surface area contributed by atoms with Crippen LogP contribution in [0.15, 0.2) is 18.2 Å². The fraction of sp³-hybridized carbons (Fsp3) is 0.562. The van der Waals surface area contributed by atoms with Gasteiger partial charge in [0.25, 0.3) is 0 Å². The number of benzene rings is 1. The average molecular weight is 331 g/mol. The standard InChI is InChI=1S/C16H20F2N2O.ClH/c1-20(10-11-2-3-12(17)8-14(11)18)15(21)13-9-16(13)4-6-19-7-5-16;/h2-3,8,13,19H,4-7,9-10H2,1H3;1H. The second kappa shape index (κ2) is 6.50. The van der Waals surface area contributed by atoms with Gasteiger partial charge in [0.15, 0.2) is 0 Å². The van der Waals surface area contributed by atoms with Gasteiger partial charge in [-0.2, -0.15) is 0 Å². The van der Waals surface area contributed by atoms with Crippen molar-refractivity contribution in [3.05, 3.63) is 35.4 Å². The number of hydrogen-bond donors (Lipinski definition) is 1. The summed E-state index contributed by atoms with van der Waals surface area (Å²) in [5.74, 6) is -1.03. The lowest BCUT2D eigenvalue weighted by atomic mass is 9.91. The van der Waals surface area contributed by atoms with Gasteiger partial charge in [0.05, 0.1) is 0 Å². The molecule has 122 valence electrons. The molecule has 1 aromatic carbocycles. The van der Waals surface area contributed by atoms with Crippen molar-refractivity contribution in [1.29, 1.82) is 0 Å². The molecule has 1 unspecified atom stereocenters. The summed E-state index contributed by atoms with van der Waals surface area (Å²) in [7, 11) is 1.69. The van der Waals surface area contributed by atoms with E-state index in [1.807, 2.05) is 0 Å². The lowest BCUT2D eigenvalue weighted by Crippen LogP contribution is -2.34. The van der Waals surface area contributed by atoms with Gasteiger partial charge < -0.3 is 10.2 Å². The maximum atomic E-state index is 13.7. The first-order valence-electron chi connectivity index (χ1n) is 7.41. The van der Waals surface area contributed by atoms with E-state index in [0.29, 0.717) is 5.56 Å². The van der Waals surface area contributed by atoms with E-state index in [0.717, 1.165) is 38.4 Å². The van der Waals surface area contributed by atoms with Crippen molar-refractivity contribution in [2.24, 2.45) is 11.3 Å². The summed E-state index contributed by atoms with van der Waals surface area (Å²) in [4.78, 5) is 14.0. The summed E-state index contributed by atoms with van der Waals surface area (Å²) in [6.07, 6.45) is 3.04. The number of nitrogens with one attached hydrogen (secondary N) is 1. The molecule has 1 spiro atoms. The van der Waals surface area contributed by atoms with Crippen LogP contribution in [0.2, 0.25) is 0 Å². The molecule has 3 nitrogen and oxygen atoms in total. The molecule has 22 heavy (non-hydrogen) atoms. The number of halogens is 3. The molecule has 1 amide bonds. The number of carbonyl (C=O) groups is 1. The summed E-state index contributed by atoms with van der Waals surface area (Å²) < 4.78 is 26.5. The van der Waals surface area contributed by atoms with Crippen LogP contribution in [0.5, 0.6) is 0 Å². The Kier molecular flexibility index (Phi) is 5.07. The van der Waals surface area contributed by atoms with Crippen molar-refractivity contribution in [1.82, 2.24) is 10.2 Å². The van der Waals surface area contributed by atoms with Gasteiger partial charge in [-0.15, -0.1) is 12.4 Å². The third-order valence-electron chi connectivity index (χ3n) is 4.89. The lowest BCUT2D eigenvalue weighted by molar-refractivity contribution is -0.132. The van der Waals surface area contributed by atoms with Crippen molar-refractivity contribution < 1.29 is 13.6 Å². The molecule has 1 aromatic rings. The average Bonchev–Trinajstić information content (AvgIpc) is 3.15. The zero-order valence-corrected chi connectivity index (χ0v) is 13.4. The largest absolute Gasteiger partial charge is 0.341 e. The smallest absolute Gasteiger partial charge is 0.226 e. The minimum absolute atomic E-state index is 0. The van der Waals surface area contributed by atoms with Crippen molar-refractivity contribution in [3.63, 3.8) is 0 Å². The fourth-order valence-corrected chi connectivity index (χ4v) is 3.42. The van der Waals surface area contributed by atoms with E-state index < -0.39 is 11.6 Å². The Hall–Kier alpha value is -1.20. The SMILES string of the molecule is CN(Cc1ccc(F)cc1F)C(=O)C1CC12CCNCC2.Cl. The fourth-order valence-electron chi connectivity index (χ4n) is 3.42. The van der Waals surface area contributed by atoms with Crippen LogP contribution < -0.4 is 5.32 Å². The zero-order valence-electron chi connectivity index (χ0n) is 12.6. The highest BCUT2D eigenvalue weighted by atomic mass is 35.5. The molecule has 1 aliphatic heterocycles. The van der Waals surface area contributed by atoms with Gasteiger partial charge in [0.2, 0.25) is 5.91 Å². The maximum Gasteiger partial charge on any atom is 0.226 e. The first-order valence-corrected chi connectivity index (χ1v) is 7.41. The van der Waals surface area contributed by atoms with Crippen LogP contribution in [0.4, 0.5) is 8.78 Å². The molecule has 2 fully saturated rings. The highest BCUT2D eigenvalue weighted by Gasteiger charge is 2.58. The molecule has 2 aliphatic rings. The topological polar surface area (TPSA) is 32.3 Å². The van der Waals surface area contributed by atoms with Gasteiger partial charge in [0.1, 0.15) is 11.6 Å². The predicted octanol–water partition coefficient (Wildman–Crippen LogP) is 2.73. The Bertz CT molecular complexity index is 561. The number of rotatable bonds is 3. The molecular formula is C16H21ClF2N2O. The van der Waals surface area contributed by atoms with Crippen LogP contribution in [-0.2, 0) is 11.3 Å². The van der Waals surface area contributed by atoms with Gasteiger partial charge in [-0.25, -0.2) is 8.78 Å². The Balaban J connectivity index is 0.00000176. The third kappa shape index (κ3) is 3.25. The molecule has 1 atom stereocenters. The highest BCUT2D eigenvalue weighted by molar-refractivity contribution is 5.85. The Morgan fingerprint density at radius 3 is 2.68 bits per heavy atom. The summed E-state index contributed by atoms with van der Waals surface area (Å²) in [6, 6.07) is 3.49. The molecule has 1 aliphatic carbocycles. The van der Waals surface area contributed by atoms with Crippen molar-refractivity contribution in [2.75, 3.05) is 20.1 Å². The third-order valence-corrected chi connectivity index (χ3v) is 4.89. The lowest BCUT2D eigenvalue weighted by Gasteiger charge is -2.25. The van der Waals surface area contributed by atoms with E-state index in [-0.39, 0.29) is 36.2 Å². The first kappa shape index (κ1) is 17.2. The summed E-state index contributed by atoms with van der Waals surface area (Å²) >= 11 is 0. The zero-order chi connectivity index (χ0) is 15.0. The number of hydrogen-bond acceptors (Lipinski definition) is 2. The van der Waals surface area contributed by atoms with E-state index >= 15 is 0 Å². The van der Waals surface area contributed by atoms with E-state index in [9.17, 15) is 13.6 Å². The van der Waals surface area contributed by atoms with Gasteiger partial charge in [0, 0.05) is 31.1 Å². The van der Waals surface area contributed by atoms with Gasteiger partial charge in [-0.1, -0.05) is 6.07 Å². The molecule has 1 heterocycles. The number of nitrogens with zero attached hydrogens (tertiary/aromatic N) is 1. The minimum Gasteiger partial charge on any atom is -0.341 e. The first-order chi connectivity index (χ1) is 10.0. The summed E-state index contributed by atoms with van der Waals surface area (Å²) in [6.45, 7) is 2.13. The predicted molar refractivity (Wildman–Crippen MR) is 82.7 cm³/mol. The van der Waals surface area contributed by atoms with Crippen molar-refractivity contribution >= 4 is 18.3 Å². The second-order valence-corrected chi connectivity index (χ2v) is 6.30. The highest BCUT2D eigenvalue weighted by Crippen LogP contribution is 2.59.